The van der Waals surface area contributed by atoms with E-state index in [-0.39, 0.29) is 23.5 Å². The molecule has 3 aromatic rings. The molecule has 0 aromatic heterocycles. The van der Waals surface area contributed by atoms with Gasteiger partial charge < -0.3 is 15.5 Å². The number of carbonyl (C=O) groups excluding carboxylic acids is 2. The van der Waals surface area contributed by atoms with Crippen molar-refractivity contribution in [2.75, 3.05) is 23.7 Å². The second kappa shape index (κ2) is 10.3. The van der Waals surface area contributed by atoms with E-state index in [4.69, 9.17) is 0 Å². The third-order valence-electron chi connectivity index (χ3n) is 4.86. The second-order valence-electron chi connectivity index (χ2n) is 7.21. The molecule has 0 saturated heterocycles. The van der Waals surface area contributed by atoms with Crippen LogP contribution in [0.2, 0.25) is 0 Å². The number of rotatable bonds is 7. The van der Waals surface area contributed by atoms with E-state index < -0.39 is 47.4 Å². The summed E-state index contributed by atoms with van der Waals surface area (Å²) in [4.78, 5) is 26.6. The molecule has 0 aliphatic heterocycles. The Hall–Kier alpha value is -3.95. The average Bonchev–Trinajstić information content (AvgIpc) is 2.79. The van der Waals surface area contributed by atoms with E-state index in [9.17, 15) is 31.5 Å². The van der Waals surface area contributed by atoms with E-state index in [1.807, 2.05) is 0 Å². The molecular formula is C24H20F5N3O2. The number of hydrogen-bond donors (Lipinski definition) is 2. The number of halogens is 5. The number of likely N-dealkylation sites (N-methyl/N-ethyl adjacent to an activating group) is 1. The summed E-state index contributed by atoms with van der Waals surface area (Å²) in [5, 5.41) is 4.93. The van der Waals surface area contributed by atoms with E-state index in [0.29, 0.717) is 0 Å². The van der Waals surface area contributed by atoms with Gasteiger partial charge in [0.1, 0.15) is 23.9 Å². The first kappa shape index (κ1) is 24.7. The Kier molecular flexibility index (Phi) is 7.50. The van der Waals surface area contributed by atoms with Gasteiger partial charge in [0.2, 0.25) is 5.91 Å². The molecule has 2 amide bonds. The predicted octanol–water partition coefficient (Wildman–Crippen LogP) is 5.83. The SMILES string of the molecule is CCN(CC(=O)Nc1c(F)cccc1F)C(=O)c1ccccc1Nc1cccc(C(F)(F)F)c1. The van der Waals surface area contributed by atoms with Crippen LogP contribution in [0.25, 0.3) is 0 Å². The molecule has 0 radical (unpaired) electrons. The molecule has 0 aliphatic rings. The Morgan fingerprint density at radius 3 is 2.21 bits per heavy atom. The monoisotopic (exact) mass is 477 g/mol. The molecule has 0 saturated carbocycles. The van der Waals surface area contributed by atoms with Crippen molar-refractivity contribution in [3.05, 3.63) is 89.5 Å². The molecule has 0 atom stereocenters. The van der Waals surface area contributed by atoms with Gasteiger partial charge in [-0.2, -0.15) is 13.2 Å². The summed E-state index contributed by atoms with van der Waals surface area (Å²) in [6.07, 6.45) is -4.53. The quantitative estimate of drug-likeness (QED) is 0.421. The molecular weight excluding hydrogens is 457 g/mol. The highest BCUT2D eigenvalue weighted by Gasteiger charge is 2.30. The normalized spacial score (nSPS) is 11.1. The van der Waals surface area contributed by atoms with E-state index >= 15 is 0 Å². The van der Waals surface area contributed by atoms with Gasteiger partial charge in [0.25, 0.3) is 5.91 Å². The zero-order valence-corrected chi connectivity index (χ0v) is 17.9. The number of hydrogen-bond acceptors (Lipinski definition) is 3. The number of benzene rings is 3. The molecule has 0 fully saturated rings. The van der Waals surface area contributed by atoms with Crippen molar-refractivity contribution >= 4 is 28.9 Å². The molecule has 0 unspecified atom stereocenters. The van der Waals surface area contributed by atoms with Crippen molar-refractivity contribution in [2.24, 2.45) is 0 Å². The highest BCUT2D eigenvalue weighted by Crippen LogP contribution is 2.32. The number of carbonyl (C=O) groups is 2. The third-order valence-corrected chi connectivity index (χ3v) is 4.86. The van der Waals surface area contributed by atoms with Crippen LogP contribution in [0.15, 0.2) is 66.7 Å². The topological polar surface area (TPSA) is 61.4 Å². The van der Waals surface area contributed by atoms with Gasteiger partial charge in [-0.15, -0.1) is 0 Å². The van der Waals surface area contributed by atoms with Gasteiger partial charge in [-0.05, 0) is 49.4 Å². The van der Waals surface area contributed by atoms with E-state index in [1.165, 1.54) is 24.3 Å². The second-order valence-corrected chi connectivity index (χ2v) is 7.21. The fourth-order valence-corrected chi connectivity index (χ4v) is 3.17. The van der Waals surface area contributed by atoms with E-state index in [0.717, 1.165) is 35.2 Å². The van der Waals surface area contributed by atoms with Crippen molar-refractivity contribution < 1.29 is 31.5 Å². The number of anilines is 3. The van der Waals surface area contributed by atoms with Gasteiger partial charge >= 0.3 is 6.18 Å². The van der Waals surface area contributed by atoms with Crippen molar-refractivity contribution in [3.8, 4) is 0 Å². The van der Waals surface area contributed by atoms with Crippen LogP contribution in [0.5, 0.6) is 0 Å². The van der Waals surface area contributed by atoms with Crippen molar-refractivity contribution in [2.45, 2.75) is 13.1 Å². The Morgan fingerprint density at radius 2 is 1.56 bits per heavy atom. The van der Waals surface area contributed by atoms with Gasteiger partial charge in [0.15, 0.2) is 0 Å². The Balaban J connectivity index is 1.79. The molecule has 178 valence electrons. The van der Waals surface area contributed by atoms with E-state index in [2.05, 4.69) is 10.6 Å². The number of para-hydroxylation sites is 2. The highest BCUT2D eigenvalue weighted by atomic mass is 19.4. The number of alkyl halides is 3. The van der Waals surface area contributed by atoms with E-state index in [1.54, 1.807) is 19.1 Å². The van der Waals surface area contributed by atoms with Crippen LogP contribution in [-0.4, -0.2) is 29.8 Å². The van der Waals surface area contributed by atoms with Crippen LogP contribution >= 0.6 is 0 Å². The van der Waals surface area contributed by atoms with Crippen LogP contribution in [-0.2, 0) is 11.0 Å². The van der Waals surface area contributed by atoms with Gasteiger partial charge in [-0.25, -0.2) is 8.78 Å². The summed E-state index contributed by atoms with van der Waals surface area (Å²) in [7, 11) is 0. The molecule has 3 rings (SSSR count). The maximum atomic E-state index is 13.8. The fourth-order valence-electron chi connectivity index (χ4n) is 3.17. The number of amides is 2. The molecule has 5 nitrogen and oxygen atoms in total. The van der Waals surface area contributed by atoms with Gasteiger partial charge in [-0.3, -0.25) is 9.59 Å². The zero-order valence-electron chi connectivity index (χ0n) is 17.9. The van der Waals surface area contributed by atoms with Crippen LogP contribution < -0.4 is 10.6 Å². The number of nitrogens with one attached hydrogen (secondary N) is 2. The van der Waals surface area contributed by atoms with Crippen LogP contribution in [0.3, 0.4) is 0 Å². The molecule has 2 N–H and O–H groups in total. The van der Waals surface area contributed by atoms with Crippen molar-refractivity contribution in [3.63, 3.8) is 0 Å². The standard InChI is InChI=1S/C24H20F5N3O2/c1-2-32(14-21(33)31-22-18(25)10-6-11-19(22)26)23(34)17-9-3-4-12-20(17)30-16-8-5-7-15(13-16)24(27,28)29/h3-13,30H,2,14H2,1H3,(H,31,33). The van der Waals surface area contributed by atoms with Gasteiger partial charge in [0.05, 0.1) is 16.8 Å². The van der Waals surface area contributed by atoms with Gasteiger partial charge in [-0.1, -0.05) is 24.3 Å². The molecule has 0 heterocycles. The molecule has 0 bridgehead atoms. The maximum Gasteiger partial charge on any atom is 0.416 e. The summed E-state index contributed by atoms with van der Waals surface area (Å²) in [6.45, 7) is 1.20. The van der Waals surface area contributed by atoms with Crippen molar-refractivity contribution in [1.82, 2.24) is 4.90 Å². The van der Waals surface area contributed by atoms with Gasteiger partial charge in [0, 0.05) is 12.2 Å². The predicted molar refractivity (Wildman–Crippen MR) is 118 cm³/mol. The highest BCUT2D eigenvalue weighted by molar-refractivity contribution is 6.03. The maximum absolute atomic E-state index is 13.8. The largest absolute Gasteiger partial charge is 0.416 e. The molecule has 0 spiro atoms. The lowest BCUT2D eigenvalue weighted by Crippen LogP contribution is -2.38. The zero-order chi connectivity index (χ0) is 24.9. The molecule has 10 heteroatoms. The molecule has 0 aliphatic carbocycles. The summed E-state index contributed by atoms with van der Waals surface area (Å²) >= 11 is 0. The third kappa shape index (κ3) is 5.89. The number of nitrogens with zero attached hydrogens (tertiary/aromatic N) is 1. The summed E-state index contributed by atoms with van der Waals surface area (Å²) in [5.41, 5.74) is -1.03. The minimum Gasteiger partial charge on any atom is -0.355 e. The lowest BCUT2D eigenvalue weighted by molar-refractivity contribution is -0.137. The Morgan fingerprint density at radius 1 is 0.912 bits per heavy atom. The minimum absolute atomic E-state index is 0.0872. The summed E-state index contributed by atoms with van der Waals surface area (Å²) in [5.74, 6) is -3.33. The van der Waals surface area contributed by atoms with Crippen LogP contribution in [0.1, 0.15) is 22.8 Å². The molecule has 3 aromatic carbocycles. The molecule has 34 heavy (non-hydrogen) atoms. The first-order valence-corrected chi connectivity index (χ1v) is 10.2. The Labute approximate surface area is 192 Å². The first-order chi connectivity index (χ1) is 16.1. The van der Waals surface area contributed by atoms with Crippen LogP contribution in [0, 0.1) is 11.6 Å². The lowest BCUT2D eigenvalue weighted by Gasteiger charge is -2.22. The average molecular weight is 477 g/mol. The fraction of sp³-hybridized carbons (Fsp3) is 0.167. The lowest BCUT2D eigenvalue weighted by atomic mass is 10.1. The minimum atomic E-state index is -4.53. The first-order valence-electron chi connectivity index (χ1n) is 10.2. The summed E-state index contributed by atoms with van der Waals surface area (Å²) in [6, 6.07) is 13.7. The van der Waals surface area contributed by atoms with Crippen LogP contribution in [0.4, 0.5) is 39.0 Å². The Bertz CT molecular complexity index is 1180. The van der Waals surface area contributed by atoms with Crippen molar-refractivity contribution in [1.29, 1.82) is 0 Å². The summed E-state index contributed by atoms with van der Waals surface area (Å²) < 4.78 is 66.7. The smallest absolute Gasteiger partial charge is 0.355 e.